The molecule has 0 saturated heterocycles. The zero-order chi connectivity index (χ0) is 21.3. The molecule has 8 heteroatoms. The number of nitrogens with zero attached hydrogens (tertiary/aromatic N) is 2. The van der Waals surface area contributed by atoms with E-state index in [1.54, 1.807) is 19.1 Å². The standard InChI is InChI=1S/C22H18Cl2N4O2/c1-13-17(10-14-5-4-7-16(23)9-14)22(30)28-20(27-13)18(12-26-28)21(29)25-11-15-6-2-3-8-19(15)24/h2-9,12,26H,10-11H2,1H3,(H,25,29). The second kappa shape index (κ2) is 8.34. The van der Waals surface area contributed by atoms with Crippen molar-refractivity contribution in [2.45, 2.75) is 19.9 Å². The average molecular weight is 441 g/mol. The fraction of sp³-hybridized carbons (Fsp3) is 0.136. The van der Waals surface area contributed by atoms with E-state index in [0.717, 1.165) is 11.1 Å². The molecule has 6 nitrogen and oxygen atoms in total. The second-order valence-electron chi connectivity index (χ2n) is 6.91. The molecular weight excluding hydrogens is 423 g/mol. The maximum atomic E-state index is 13.0. The zero-order valence-corrected chi connectivity index (χ0v) is 17.6. The smallest absolute Gasteiger partial charge is 0.276 e. The highest BCUT2D eigenvalue weighted by molar-refractivity contribution is 6.31. The van der Waals surface area contributed by atoms with Crippen LogP contribution in [-0.2, 0) is 13.0 Å². The molecule has 2 N–H and O–H groups in total. The van der Waals surface area contributed by atoms with Crippen LogP contribution in [0.25, 0.3) is 5.65 Å². The lowest BCUT2D eigenvalue weighted by atomic mass is 10.1. The number of fused-ring (bicyclic) bond motifs is 1. The van der Waals surface area contributed by atoms with E-state index in [2.05, 4.69) is 15.4 Å². The van der Waals surface area contributed by atoms with Gasteiger partial charge in [-0.25, -0.2) is 9.50 Å². The van der Waals surface area contributed by atoms with Gasteiger partial charge in [-0.1, -0.05) is 53.5 Å². The Morgan fingerprint density at radius 3 is 2.73 bits per heavy atom. The van der Waals surface area contributed by atoms with E-state index in [9.17, 15) is 9.59 Å². The maximum absolute atomic E-state index is 13.0. The van der Waals surface area contributed by atoms with Crippen molar-refractivity contribution in [3.05, 3.63) is 103 Å². The number of carbonyl (C=O) groups excluding carboxylic acids is 1. The van der Waals surface area contributed by atoms with E-state index in [1.165, 1.54) is 10.7 Å². The third-order valence-electron chi connectivity index (χ3n) is 4.87. The van der Waals surface area contributed by atoms with E-state index >= 15 is 0 Å². The number of carbonyl (C=O) groups is 1. The highest BCUT2D eigenvalue weighted by Crippen LogP contribution is 2.17. The molecule has 2 aromatic carbocycles. The predicted molar refractivity (Wildman–Crippen MR) is 117 cm³/mol. The molecule has 30 heavy (non-hydrogen) atoms. The van der Waals surface area contributed by atoms with Crippen LogP contribution in [-0.4, -0.2) is 20.5 Å². The first kappa shape index (κ1) is 20.2. The minimum absolute atomic E-state index is 0.248. The Balaban J connectivity index is 1.63. The summed E-state index contributed by atoms with van der Waals surface area (Å²) in [4.78, 5) is 30.2. The van der Waals surface area contributed by atoms with Crippen LogP contribution in [0.1, 0.15) is 32.7 Å². The van der Waals surface area contributed by atoms with Crippen molar-refractivity contribution in [3.8, 4) is 0 Å². The SMILES string of the molecule is Cc1nc2c(C(=O)NCc3ccccc3Cl)c[nH]n2c(=O)c1Cc1cccc(Cl)c1. The Morgan fingerprint density at radius 2 is 1.97 bits per heavy atom. The van der Waals surface area contributed by atoms with Gasteiger partial charge in [0.1, 0.15) is 5.56 Å². The van der Waals surface area contributed by atoms with Gasteiger partial charge in [-0.3, -0.25) is 14.7 Å². The topological polar surface area (TPSA) is 79.3 Å². The Kier molecular flexibility index (Phi) is 5.61. The van der Waals surface area contributed by atoms with Crippen molar-refractivity contribution in [2.24, 2.45) is 0 Å². The first-order valence-corrected chi connectivity index (χ1v) is 10.1. The number of H-pyrrole nitrogens is 1. The highest BCUT2D eigenvalue weighted by Gasteiger charge is 2.18. The van der Waals surface area contributed by atoms with E-state index < -0.39 is 0 Å². The molecule has 4 aromatic rings. The monoisotopic (exact) mass is 440 g/mol. The Hall–Kier alpha value is -3.09. The average Bonchev–Trinajstić information content (AvgIpc) is 3.14. The minimum atomic E-state index is -0.345. The molecule has 152 valence electrons. The minimum Gasteiger partial charge on any atom is -0.348 e. The molecule has 0 bridgehead atoms. The third-order valence-corrected chi connectivity index (χ3v) is 5.48. The van der Waals surface area contributed by atoms with Gasteiger partial charge in [0.05, 0.1) is 0 Å². The summed E-state index contributed by atoms with van der Waals surface area (Å²) >= 11 is 12.2. The largest absolute Gasteiger partial charge is 0.348 e. The maximum Gasteiger partial charge on any atom is 0.276 e. The number of hydrogen-bond acceptors (Lipinski definition) is 3. The predicted octanol–water partition coefficient (Wildman–Crippen LogP) is 4.16. The van der Waals surface area contributed by atoms with Crippen LogP contribution in [0.3, 0.4) is 0 Å². The molecule has 2 heterocycles. The number of aromatic amines is 1. The number of aromatic nitrogens is 3. The quantitative estimate of drug-likeness (QED) is 0.488. The number of nitrogens with one attached hydrogen (secondary N) is 2. The lowest BCUT2D eigenvalue weighted by molar-refractivity contribution is 0.0952. The number of halogens is 2. The fourth-order valence-corrected chi connectivity index (χ4v) is 3.71. The first-order chi connectivity index (χ1) is 14.4. The van der Waals surface area contributed by atoms with Crippen molar-refractivity contribution in [2.75, 3.05) is 0 Å². The Bertz CT molecular complexity index is 1310. The molecule has 0 fully saturated rings. The summed E-state index contributed by atoms with van der Waals surface area (Å²) in [7, 11) is 0. The molecular formula is C22H18Cl2N4O2. The third kappa shape index (κ3) is 3.97. The van der Waals surface area contributed by atoms with Gasteiger partial charge in [0.2, 0.25) is 0 Å². The van der Waals surface area contributed by atoms with Gasteiger partial charge in [-0.15, -0.1) is 0 Å². The highest BCUT2D eigenvalue weighted by atomic mass is 35.5. The number of hydrogen-bond donors (Lipinski definition) is 2. The van der Waals surface area contributed by atoms with E-state index in [4.69, 9.17) is 23.2 Å². The summed E-state index contributed by atoms with van der Waals surface area (Å²) < 4.78 is 1.29. The summed E-state index contributed by atoms with van der Waals surface area (Å²) in [6.45, 7) is 2.03. The molecule has 0 aliphatic rings. The van der Waals surface area contributed by atoms with E-state index in [-0.39, 0.29) is 29.2 Å². The summed E-state index contributed by atoms with van der Waals surface area (Å²) in [6, 6.07) is 14.6. The van der Waals surface area contributed by atoms with Crippen LogP contribution in [0.4, 0.5) is 0 Å². The molecule has 0 unspecified atom stereocenters. The molecule has 4 rings (SSSR count). The molecule has 2 aromatic heterocycles. The van der Waals surface area contributed by atoms with E-state index in [1.807, 2.05) is 36.4 Å². The molecule has 1 amide bonds. The molecule has 0 aliphatic heterocycles. The molecule has 0 spiro atoms. The van der Waals surface area contributed by atoms with Crippen molar-refractivity contribution in [1.82, 2.24) is 19.9 Å². The number of amides is 1. The van der Waals surface area contributed by atoms with Crippen LogP contribution in [0.5, 0.6) is 0 Å². The van der Waals surface area contributed by atoms with Gasteiger partial charge in [0.25, 0.3) is 11.5 Å². The van der Waals surface area contributed by atoms with E-state index in [0.29, 0.717) is 27.7 Å². The summed E-state index contributed by atoms with van der Waals surface area (Å²) in [5, 5.41) is 6.85. The summed E-state index contributed by atoms with van der Waals surface area (Å²) in [5.41, 5.74) is 3.15. The van der Waals surface area contributed by atoms with Crippen LogP contribution in [0.2, 0.25) is 10.0 Å². The first-order valence-electron chi connectivity index (χ1n) is 9.29. The Labute approximate surface area is 182 Å². The van der Waals surface area contributed by atoms with Gasteiger partial charge < -0.3 is 5.32 Å². The zero-order valence-electron chi connectivity index (χ0n) is 16.1. The van der Waals surface area contributed by atoms with Crippen LogP contribution in [0, 0.1) is 6.92 Å². The molecule has 0 atom stereocenters. The number of benzene rings is 2. The van der Waals surface area contributed by atoms with Gasteiger partial charge in [0.15, 0.2) is 5.65 Å². The van der Waals surface area contributed by atoms with Gasteiger partial charge in [-0.2, -0.15) is 0 Å². The molecule has 0 radical (unpaired) electrons. The molecule has 0 aliphatic carbocycles. The van der Waals surface area contributed by atoms with Crippen molar-refractivity contribution in [3.63, 3.8) is 0 Å². The van der Waals surface area contributed by atoms with Crippen LogP contribution >= 0.6 is 23.2 Å². The second-order valence-corrected chi connectivity index (χ2v) is 7.75. The van der Waals surface area contributed by atoms with Crippen molar-refractivity contribution < 1.29 is 4.79 Å². The lowest BCUT2D eigenvalue weighted by Crippen LogP contribution is -2.25. The fourth-order valence-electron chi connectivity index (χ4n) is 3.29. The summed E-state index contributed by atoms with van der Waals surface area (Å²) in [5.74, 6) is -0.345. The van der Waals surface area contributed by atoms with Crippen LogP contribution in [0.15, 0.2) is 59.5 Å². The summed E-state index contributed by atoms with van der Waals surface area (Å²) in [6.07, 6.45) is 1.88. The van der Waals surface area contributed by atoms with Gasteiger partial charge >= 0.3 is 0 Å². The number of rotatable bonds is 5. The van der Waals surface area contributed by atoms with Gasteiger partial charge in [0, 0.05) is 40.5 Å². The van der Waals surface area contributed by atoms with Gasteiger partial charge in [-0.05, 0) is 36.2 Å². The molecule has 0 saturated carbocycles. The van der Waals surface area contributed by atoms with Crippen molar-refractivity contribution >= 4 is 34.8 Å². The normalized spacial score (nSPS) is 11.0. The number of aryl methyl sites for hydroxylation is 1. The lowest BCUT2D eigenvalue weighted by Gasteiger charge is -2.08. The van der Waals surface area contributed by atoms with Crippen LogP contribution < -0.4 is 10.9 Å². The van der Waals surface area contributed by atoms with Crippen molar-refractivity contribution in [1.29, 1.82) is 0 Å². The Morgan fingerprint density at radius 1 is 1.17 bits per heavy atom.